The van der Waals surface area contributed by atoms with Gasteiger partial charge in [-0.05, 0) is 43.7 Å². The number of rotatable bonds is 6. The summed E-state index contributed by atoms with van der Waals surface area (Å²) in [7, 11) is 1.69. The lowest BCUT2D eigenvalue weighted by Crippen LogP contribution is -2.42. The minimum atomic E-state index is -0.192. The zero-order chi connectivity index (χ0) is 15.3. The maximum atomic E-state index is 14.4. The van der Waals surface area contributed by atoms with E-state index in [4.69, 9.17) is 16.3 Å². The van der Waals surface area contributed by atoms with E-state index >= 15 is 0 Å². The molecule has 0 amide bonds. The molecule has 2 rings (SSSR count). The zero-order valence-corrected chi connectivity index (χ0v) is 13.7. The Labute approximate surface area is 132 Å². The van der Waals surface area contributed by atoms with Gasteiger partial charge in [-0.2, -0.15) is 0 Å². The number of hydrogen-bond acceptors (Lipinski definition) is 2. The molecular formula is C17H25ClFNO. The highest BCUT2D eigenvalue weighted by Gasteiger charge is 2.38. The molecule has 0 bridgehead atoms. The zero-order valence-electron chi connectivity index (χ0n) is 12.9. The molecule has 118 valence electrons. The van der Waals surface area contributed by atoms with E-state index in [-0.39, 0.29) is 11.2 Å². The highest BCUT2D eigenvalue weighted by molar-refractivity contribution is 6.31. The SMILES string of the molecule is COCCNCC1(c2c(F)cccc2Cl)CCC(C)CC1. The Morgan fingerprint density at radius 2 is 2.10 bits per heavy atom. The van der Waals surface area contributed by atoms with Gasteiger partial charge in [-0.15, -0.1) is 0 Å². The molecule has 1 saturated carbocycles. The number of benzene rings is 1. The fourth-order valence-electron chi connectivity index (χ4n) is 3.34. The van der Waals surface area contributed by atoms with Gasteiger partial charge in [0.15, 0.2) is 0 Å². The summed E-state index contributed by atoms with van der Waals surface area (Å²) in [6.07, 6.45) is 4.21. The molecule has 1 aromatic carbocycles. The largest absolute Gasteiger partial charge is 0.383 e. The van der Waals surface area contributed by atoms with Gasteiger partial charge < -0.3 is 10.1 Å². The molecule has 1 fully saturated rings. The number of hydrogen-bond donors (Lipinski definition) is 1. The molecule has 1 aliphatic rings. The molecule has 0 saturated heterocycles. The van der Waals surface area contributed by atoms with E-state index in [1.54, 1.807) is 19.2 Å². The van der Waals surface area contributed by atoms with Crippen molar-refractivity contribution in [1.82, 2.24) is 5.32 Å². The third-order valence-corrected chi connectivity index (χ3v) is 4.99. The lowest BCUT2D eigenvalue weighted by molar-refractivity contribution is 0.186. The number of halogens is 2. The summed E-state index contributed by atoms with van der Waals surface area (Å²) in [6.45, 7) is 4.46. The van der Waals surface area contributed by atoms with Crippen molar-refractivity contribution in [2.24, 2.45) is 5.92 Å². The topological polar surface area (TPSA) is 21.3 Å². The van der Waals surface area contributed by atoms with Crippen molar-refractivity contribution in [3.63, 3.8) is 0 Å². The Bertz CT molecular complexity index is 438. The van der Waals surface area contributed by atoms with Crippen molar-refractivity contribution in [1.29, 1.82) is 0 Å². The van der Waals surface area contributed by atoms with Crippen LogP contribution in [0.1, 0.15) is 38.2 Å². The van der Waals surface area contributed by atoms with Crippen molar-refractivity contribution < 1.29 is 9.13 Å². The van der Waals surface area contributed by atoms with Gasteiger partial charge in [-0.1, -0.05) is 24.6 Å². The molecule has 21 heavy (non-hydrogen) atoms. The third kappa shape index (κ3) is 3.97. The summed E-state index contributed by atoms with van der Waals surface area (Å²) in [5.41, 5.74) is 0.506. The fourth-order valence-corrected chi connectivity index (χ4v) is 3.70. The first-order valence-corrected chi connectivity index (χ1v) is 8.11. The van der Waals surface area contributed by atoms with Gasteiger partial charge in [0.25, 0.3) is 0 Å². The van der Waals surface area contributed by atoms with Crippen LogP contribution in [0, 0.1) is 11.7 Å². The van der Waals surface area contributed by atoms with Crippen molar-refractivity contribution >= 4 is 11.6 Å². The van der Waals surface area contributed by atoms with Crippen molar-refractivity contribution in [3.05, 3.63) is 34.6 Å². The molecule has 0 unspecified atom stereocenters. The van der Waals surface area contributed by atoms with E-state index in [1.165, 1.54) is 6.07 Å². The Morgan fingerprint density at radius 3 is 2.71 bits per heavy atom. The standard InChI is InChI=1S/C17H25ClFNO/c1-13-6-8-17(9-7-13,12-20-10-11-21-2)16-14(18)4-3-5-15(16)19/h3-5,13,20H,6-12H2,1-2H3. The second-order valence-corrected chi connectivity index (χ2v) is 6.64. The summed E-state index contributed by atoms with van der Waals surface area (Å²) >= 11 is 6.34. The van der Waals surface area contributed by atoms with Crippen LogP contribution in [-0.4, -0.2) is 26.8 Å². The predicted octanol–water partition coefficient (Wildman–Crippen LogP) is 4.16. The molecule has 1 aliphatic carbocycles. The van der Waals surface area contributed by atoms with Gasteiger partial charge >= 0.3 is 0 Å². The smallest absolute Gasteiger partial charge is 0.128 e. The average molecular weight is 314 g/mol. The van der Waals surface area contributed by atoms with Crippen LogP contribution in [0.4, 0.5) is 4.39 Å². The lowest BCUT2D eigenvalue weighted by atomic mass is 9.66. The van der Waals surface area contributed by atoms with Gasteiger partial charge in [-0.25, -0.2) is 4.39 Å². The van der Waals surface area contributed by atoms with Crippen LogP contribution in [0.3, 0.4) is 0 Å². The third-order valence-electron chi connectivity index (χ3n) is 4.67. The molecule has 0 aromatic heterocycles. The van der Waals surface area contributed by atoms with E-state index in [2.05, 4.69) is 12.2 Å². The molecule has 1 N–H and O–H groups in total. The lowest BCUT2D eigenvalue weighted by Gasteiger charge is -2.41. The maximum Gasteiger partial charge on any atom is 0.128 e. The number of nitrogens with one attached hydrogen (secondary N) is 1. The quantitative estimate of drug-likeness (QED) is 0.796. The van der Waals surface area contributed by atoms with Crippen molar-refractivity contribution in [2.45, 2.75) is 38.0 Å². The van der Waals surface area contributed by atoms with Gasteiger partial charge in [0.1, 0.15) is 5.82 Å². The first-order valence-electron chi connectivity index (χ1n) is 7.73. The Kier molecular flexibility index (Phi) is 6.03. The molecule has 0 aliphatic heterocycles. The molecule has 0 radical (unpaired) electrons. The summed E-state index contributed by atoms with van der Waals surface area (Å²) in [5.74, 6) is 0.535. The monoisotopic (exact) mass is 313 g/mol. The normalized spacial score (nSPS) is 26.0. The number of methoxy groups -OCH3 is 1. The van der Waals surface area contributed by atoms with E-state index in [1.807, 2.05) is 0 Å². The molecule has 4 heteroatoms. The predicted molar refractivity (Wildman–Crippen MR) is 85.5 cm³/mol. The van der Waals surface area contributed by atoms with E-state index in [9.17, 15) is 4.39 Å². The van der Waals surface area contributed by atoms with Crippen LogP contribution in [0.2, 0.25) is 5.02 Å². The highest BCUT2D eigenvalue weighted by atomic mass is 35.5. The molecule has 2 nitrogen and oxygen atoms in total. The van der Waals surface area contributed by atoms with Gasteiger partial charge in [0.05, 0.1) is 6.61 Å². The van der Waals surface area contributed by atoms with Crippen LogP contribution in [0.15, 0.2) is 18.2 Å². The summed E-state index contributed by atoms with van der Waals surface area (Å²) in [6, 6.07) is 5.00. The van der Waals surface area contributed by atoms with Crippen molar-refractivity contribution in [3.8, 4) is 0 Å². The van der Waals surface area contributed by atoms with Gasteiger partial charge in [0.2, 0.25) is 0 Å². The fraction of sp³-hybridized carbons (Fsp3) is 0.647. The second kappa shape index (κ2) is 7.57. The second-order valence-electron chi connectivity index (χ2n) is 6.23. The maximum absolute atomic E-state index is 14.4. The minimum absolute atomic E-state index is 0.175. The Balaban J connectivity index is 2.23. The molecule has 0 spiro atoms. The Morgan fingerprint density at radius 1 is 1.38 bits per heavy atom. The van der Waals surface area contributed by atoms with Crippen LogP contribution in [0.25, 0.3) is 0 Å². The molecular weight excluding hydrogens is 289 g/mol. The summed E-state index contributed by atoms with van der Waals surface area (Å²) in [4.78, 5) is 0. The van der Waals surface area contributed by atoms with Gasteiger partial charge in [-0.3, -0.25) is 0 Å². The van der Waals surface area contributed by atoms with Gasteiger partial charge in [0, 0.05) is 36.2 Å². The Hall–Kier alpha value is -0.640. The number of ether oxygens (including phenoxy) is 1. The minimum Gasteiger partial charge on any atom is -0.383 e. The van der Waals surface area contributed by atoms with E-state index in [0.29, 0.717) is 23.1 Å². The van der Waals surface area contributed by atoms with Crippen LogP contribution >= 0.6 is 11.6 Å². The van der Waals surface area contributed by atoms with E-state index in [0.717, 1.165) is 38.8 Å². The summed E-state index contributed by atoms with van der Waals surface area (Å²) in [5, 5.41) is 3.97. The first-order chi connectivity index (χ1) is 10.1. The first kappa shape index (κ1) is 16.7. The molecule has 0 atom stereocenters. The summed E-state index contributed by atoms with van der Waals surface area (Å²) < 4.78 is 19.5. The van der Waals surface area contributed by atoms with Crippen LogP contribution in [-0.2, 0) is 10.2 Å². The highest BCUT2D eigenvalue weighted by Crippen LogP contribution is 2.44. The molecule has 1 aromatic rings. The van der Waals surface area contributed by atoms with Crippen LogP contribution < -0.4 is 5.32 Å². The molecule has 0 heterocycles. The van der Waals surface area contributed by atoms with E-state index < -0.39 is 0 Å². The van der Waals surface area contributed by atoms with Crippen molar-refractivity contribution in [2.75, 3.05) is 26.8 Å². The van der Waals surface area contributed by atoms with Crippen LogP contribution in [0.5, 0.6) is 0 Å². The average Bonchev–Trinajstić information content (AvgIpc) is 2.46.